The van der Waals surface area contributed by atoms with Gasteiger partial charge in [0.05, 0.1) is 6.04 Å². The van der Waals surface area contributed by atoms with Crippen molar-refractivity contribution in [1.29, 1.82) is 0 Å². The molecule has 0 heterocycles. The fourth-order valence-corrected chi connectivity index (χ4v) is 0.776. The minimum atomic E-state index is -0.561. The number of aliphatic hydroxyl groups excluding tert-OH is 1. The SMILES string of the molecule is C#C[C@H](CCO)NC(=O)OC(C)(C)C. The summed E-state index contributed by atoms with van der Waals surface area (Å²) < 4.78 is 4.99. The lowest BCUT2D eigenvalue weighted by Gasteiger charge is -2.21. The largest absolute Gasteiger partial charge is 0.444 e. The molecule has 0 radical (unpaired) electrons. The topological polar surface area (TPSA) is 58.6 Å². The van der Waals surface area contributed by atoms with Crippen molar-refractivity contribution in [3.8, 4) is 12.3 Å². The molecule has 0 spiro atoms. The van der Waals surface area contributed by atoms with Crippen LogP contribution < -0.4 is 5.32 Å². The van der Waals surface area contributed by atoms with E-state index < -0.39 is 17.7 Å². The van der Waals surface area contributed by atoms with E-state index in [1.54, 1.807) is 20.8 Å². The van der Waals surface area contributed by atoms with E-state index in [4.69, 9.17) is 16.3 Å². The lowest BCUT2D eigenvalue weighted by Crippen LogP contribution is -2.38. The molecule has 2 N–H and O–H groups in total. The summed E-state index contributed by atoms with van der Waals surface area (Å²) in [6.07, 6.45) is 4.91. The first-order valence-corrected chi connectivity index (χ1v) is 4.45. The molecular weight excluding hydrogens is 182 g/mol. The van der Waals surface area contributed by atoms with Crippen LogP contribution in [0.2, 0.25) is 0 Å². The number of hydrogen-bond acceptors (Lipinski definition) is 3. The lowest BCUT2D eigenvalue weighted by molar-refractivity contribution is 0.0511. The molecule has 4 heteroatoms. The molecule has 0 aliphatic heterocycles. The van der Waals surface area contributed by atoms with E-state index in [-0.39, 0.29) is 6.61 Å². The Bertz CT molecular complexity index is 225. The van der Waals surface area contributed by atoms with Crippen LogP contribution in [0.5, 0.6) is 0 Å². The van der Waals surface area contributed by atoms with Gasteiger partial charge in [0.1, 0.15) is 5.60 Å². The maximum absolute atomic E-state index is 11.2. The molecule has 0 saturated heterocycles. The third-order valence-electron chi connectivity index (χ3n) is 1.31. The number of ether oxygens (including phenoxy) is 1. The molecule has 0 rings (SSSR count). The summed E-state index contributed by atoms with van der Waals surface area (Å²) in [6, 6.07) is -0.477. The van der Waals surface area contributed by atoms with Gasteiger partial charge in [-0.2, -0.15) is 0 Å². The molecule has 1 amide bonds. The van der Waals surface area contributed by atoms with Crippen LogP contribution in [0.4, 0.5) is 4.79 Å². The minimum absolute atomic E-state index is 0.0648. The van der Waals surface area contributed by atoms with E-state index in [0.717, 1.165) is 0 Å². The lowest BCUT2D eigenvalue weighted by atomic mass is 10.2. The molecule has 0 bridgehead atoms. The van der Waals surface area contributed by atoms with E-state index in [1.807, 2.05) is 0 Å². The van der Waals surface area contributed by atoms with E-state index in [2.05, 4.69) is 11.2 Å². The molecule has 0 aromatic rings. The number of alkyl carbamates (subject to hydrolysis) is 1. The molecule has 0 saturated carbocycles. The van der Waals surface area contributed by atoms with Gasteiger partial charge in [0, 0.05) is 13.0 Å². The highest BCUT2D eigenvalue weighted by Gasteiger charge is 2.17. The Kier molecular flexibility index (Phi) is 5.03. The molecule has 4 nitrogen and oxygen atoms in total. The van der Waals surface area contributed by atoms with Crippen molar-refractivity contribution in [3.05, 3.63) is 0 Å². The van der Waals surface area contributed by atoms with Gasteiger partial charge in [-0.25, -0.2) is 4.79 Å². The molecular formula is C10H17NO3. The van der Waals surface area contributed by atoms with Gasteiger partial charge >= 0.3 is 6.09 Å². The first-order valence-electron chi connectivity index (χ1n) is 4.45. The second-order valence-corrected chi connectivity index (χ2v) is 3.88. The third kappa shape index (κ3) is 6.32. The molecule has 0 aromatic carbocycles. The monoisotopic (exact) mass is 199 g/mol. The van der Waals surface area contributed by atoms with Crippen LogP contribution in [0.25, 0.3) is 0 Å². The quantitative estimate of drug-likeness (QED) is 0.664. The van der Waals surface area contributed by atoms with E-state index in [9.17, 15) is 4.79 Å². The van der Waals surface area contributed by atoms with Gasteiger partial charge in [-0.15, -0.1) is 6.42 Å². The number of aliphatic hydroxyl groups is 1. The van der Waals surface area contributed by atoms with Gasteiger partial charge in [-0.1, -0.05) is 5.92 Å². The predicted octanol–water partition coefficient (Wildman–Crippen LogP) is 0.895. The van der Waals surface area contributed by atoms with Crippen LogP contribution in [0.3, 0.4) is 0 Å². The highest BCUT2D eigenvalue weighted by molar-refractivity contribution is 5.68. The Morgan fingerprint density at radius 1 is 1.64 bits per heavy atom. The number of amides is 1. The standard InChI is InChI=1S/C10H17NO3/c1-5-8(6-7-12)11-9(13)14-10(2,3)4/h1,8,12H,6-7H2,2-4H3,(H,11,13)/t8-/m1/s1. The average molecular weight is 199 g/mol. The van der Waals surface area contributed by atoms with Gasteiger partial charge in [-0.05, 0) is 20.8 Å². The Balaban J connectivity index is 3.99. The molecule has 0 unspecified atom stereocenters. The summed E-state index contributed by atoms with van der Waals surface area (Å²) in [4.78, 5) is 11.2. The molecule has 14 heavy (non-hydrogen) atoms. The fraction of sp³-hybridized carbons (Fsp3) is 0.700. The third-order valence-corrected chi connectivity index (χ3v) is 1.31. The van der Waals surface area contributed by atoms with Crippen molar-refractivity contribution in [3.63, 3.8) is 0 Å². The summed E-state index contributed by atoms with van der Waals surface area (Å²) in [5, 5.41) is 11.1. The van der Waals surface area contributed by atoms with Gasteiger partial charge < -0.3 is 15.2 Å². The van der Waals surface area contributed by atoms with Crippen LogP contribution in [0.1, 0.15) is 27.2 Å². The van der Waals surface area contributed by atoms with Crippen LogP contribution in [0.15, 0.2) is 0 Å². The van der Waals surface area contributed by atoms with Gasteiger partial charge in [0.2, 0.25) is 0 Å². The zero-order valence-electron chi connectivity index (χ0n) is 8.83. The molecule has 0 fully saturated rings. The van der Waals surface area contributed by atoms with Crippen molar-refractivity contribution < 1.29 is 14.6 Å². The van der Waals surface area contributed by atoms with E-state index >= 15 is 0 Å². The van der Waals surface area contributed by atoms with Crippen LogP contribution >= 0.6 is 0 Å². The van der Waals surface area contributed by atoms with Crippen LogP contribution in [-0.2, 0) is 4.74 Å². The van der Waals surface area contributed by atoms with Crippen molar-refractivity contribution >= 4 is 6.09 Å². The zero-order chi connectivity index (χ0) is 11.2. The fourth-order valence-electron chi connectivity index (χ4n) is 0.776. The summed E-state index contributed by atoms with van der Waals surface area (Å²) in [5.74, 6) is 2.35. The minimum Gasteiger partial charge on any atom is -0.444 e. The number of rotatable bonds is 3. The van der Waals surface area contributed by atoms with E-state index in [1.165, 1.54) is 0 Å². The first-order chi connectivity index (χ1) is 6.39. The summed E-state index contributed by atoms with van der Waals surface area (Å²) in [6.45, 7) is 5.24. The molecule has 0 aromatic heterocycles. The van der Waals surface area contributed by atoms with Crippen LogP contribution in [0, 0.1) is 12.3 Å². The second kappa shape index (κ2) is 5.51. The number of nitrogens with one attached hydrogen (secondary N) is 1. The highest BCUT2D eigenvalue weighted by atomic mass is 16.6. The zero-order valence-corrected chi connectivity index (χ0v) is 8.83. The van der Waals surface area contributed by atoms with Gasteiger partial charge in [-0.3, -0.25) is 0 Å². The molecule has 0 aliphatic carbocycles. The maximum atomic E-state index is 11.2. The number of terminal acetylenes is 1. The summed E-state index contributed by atoms with van der Waals surface area (Å²) >= 11 is 0. The van der Waals surface area contributed by atoms with Crippen molar-refractivity contribution in [2.45, 2.75) is 38.8 Å². The van der Waals surface area contributed by atoms with Crippen molar-refractivity contribution in [1.82, 2.24) is 5.32 Å². The predicted molar refractivity (Wildman–Crippen MR) is 53.7 cm³/mol. The molecule has 0 aliphatic rings. The smallest absolute Gasteiger partial charge is 0.408 e. The summed E-state index contributed by atoms with van der Waals surface area (Å²) in [7, 11) is 0. The highest BCUT2D eigenvalue weighted by Crippen LogP contribution is 2.06. The Hall–Kier alpha value is -1.21. The van der Waals surface area contributed by atoms with E-state index in [0.29, 0.717) is 6.42 Å². The normalized spacial score (nSPS) is 12.8. The number of carbonyl (C=O) groups is 1. The first kappa shape index (κ1) is 12.8. The average Bonchev–Trinajstić information content (AvgIpc) is 2.00. The summed E-state index contributed by atoms with van der Waals surface area (Å²) in [5.41, 5.74) is -0.539. The van der Waals surface area contributed by atoms with Gasteiger partial charge in [0.15, 0.2) is 0 Å². The van der Waals surface area contributed by atoms with Gasteiger partial charge in [0.25, 0.3) is 0 Å². The van der Waals surface area contributed by atoms with Crippen molar-refractivity contribution in [2.75, 3.05) is 6.61 Å². The number of hydrogen-bond donors (Lipinski definition) is 2. The molecule has 1 atom stereocenters. The Morgan fingerprint density at radius 2 is 2.21 bits per heavy atom. The second-order valence-electron chi connectivity index (χ2n) is 3.88. The maximum Gasteiger partial charge on any atom is 0.408 e. The van der Waals surface area contributed by atoms with Crippen molar-refractivity contribution in [2.24, 2.45) is 0 Å². The Labute approximate surface area is 84.6 Å². The number of carbonyl (C=O) groups excluding carboxylic acids is 1. The molecule has 80 valence electrons. The van der Waals surface area contributed by atoms with Crippen LogP contribution in [-0.4, -0.2) is 29.4 Å². The Morgan fingerprint density at radius 3 is 2.57 bits per heavy atom.